The maximum atomic E-state index is 13.1. The number of sulfonamides is 1. The third-order valence-electron chi connectivity index (χ3n) is 5.44. The number of sulfone groups is 1. The molecule has 2 aromatic rings. The van der Waals surface area contributed by atoms with E-state index in [2.05, 4.69) is 25.5 Å². The van der Waals surface area contributed by atoms with Crippen molar-refractivity contribution in [3.8, 4) is 11.4 Å². The van der Waals surface area contributed by atoms with E-state index in [0.29, 0.717) is 38.4 Å². The predicted molar refractivity (Wildman–Crippen MR) is 120 cm³/mol. The van der Waals surface area contributed by atoms with Gasteiger partial charge in [-0.1, -0.05) is 0 Å². The zero-order valence-corrected chi connectivity index (χ0v) is 19.6. The zero-order valence-electron chi connectivity index (χ0n) is 18.0. The number of anilines is 1. The molecule has 0 radical (unpaired) electrons. The monoisotopic (exact) mass is 503 g/mol. The fourth-order valence-electron chi connectivity index (χ4n) is 3.74. The topological polar surface area (TPSA) is 228 Å². The van der Waals surface area contributed by atoms with Crippen molar-refractivity contribution in [1.82, 2.24) is 25.5 Å². The van der Waals surface area contributed by atoms with Gasteiger partial charge < -0.3 is 21.5 Å². The Balaban J connectivity index is 2.14. The summed E-state index contributed by atoms with van der Waals surface area (Å²) in [5.74, 6) is -0.617. The van der Waals surface area contributed by atoms with Gasteiger partial charge in [0.1, 0.15) is 4.90 Å². The Morgan fingerprint density at radius 1 is 1.12 bits per heavy atom. The lowest BCUT2D eigenvalue weighted by atomic mass is 10.1. The third-order valence-corrected chi connectivity index (χ3v) is 8.34. The van der Waals surface area contributed by atoms with Crippen molar-refractivity contribution in [2.45, 2.75) is 22.3 Å². The molecule has 1 aliphatic heterocycles. The molecule has 1 aromatic carbocycles. The molecule has 3 rings (SSSR count). The first kappa shape index (κ1) is 25.4. The number of nitrogens with one attached hydrogen (secondary N) is 1. The minimum Gasteiger partial charge on any atom is -0.392 e. The lowest BCUT2D eigenvalue weighted by Gasteiger charge is -2.37. The Hall–Kier alpha value is -2.21. The van der Waals surface area contributed by atoms with Crippen molar-refractivity contribution < 1.29 is 21.9 Å². The molecule has 1 atom stereocenters. The average Bonchev–Trinajstić information content (AvgIpc) is 3.31. The molecular weight excluding hydrogens is 474 g/mol. The maximum Gasteiger partial charge on any atom is 0.240 e. The van der Waals surface area contributed by atoms with E-state index in [-0.39, 0.29) is 24.4 Å². The molecule has 1 fully saturated rings. The number of aromatic nitrogens is 4. The van der Waals surface area contributed by atoms with E-state index in [1.807, 2.05) is 4.90 Å². The SMILES string of the molecule is NCCN1CCN(c2ccc(S(=O)(=O)CC[C@H](O)CN)c(S(N)(=O)=O)c2-c2nn[nH]n2)CC1. The number of aliphatic hydroxyl groups is 1. The van der Waals surface area contributed by atoms with Crippen LogP contribution >= 0.6 is 0 Å². The van der Waals surface area contributed by atoms with Crippen LogP contribution in [0.4, 0.5) is 5.69 Å². The van der Waals surface area contributed by atoms with Gasteiger partial charge in [0, 0.05) is 51.5 Å². The fourth-order valence-corrected chi connectivity index (χ4v) is 6.76. The zero-order chi connectivity index (χ0) is 24.2. The first-order chi connectivity index (χ1) is 15.6. The van der Waals surface area contributed by atoms with Crippen LogP contribution in [0.15, 0.2) is 21.9 Å². The third kappa shape index (κ3) is 5.84. The van der Waals surface area contributed by atoms with Crippen molar-refractivity contribution in [3.05, 3.63) is 12.1 Å². The van der Waals surface area contributed by atoms with Crippen LogP contribution in [0.5, 0.6) is 0 Å². The predicted octanol–water partition coefficient (Wildman–Crippen LogP) is -2.92. The quantitative estimate of drug-likeness (QED) is 0.220. The highest BCUT2D eigenvalue weighted by Crippen LogP contribution is 2.39. The van der Waals surface area contributed by atoms with Gasteiger partial charge in [-0.15, -0.1) is 10.2 Å². The summed E-state index contributed by atoms with van der Waals surface area (Å²) in [4.78, 5) is 3.00. The lowest BCUT2D eigenvalue weighted by Crippen LogP contribution is -2.48. The summed E-state index contributed by atoms with van der Waals surface area (Å²) in [5.41, 5.74) is 11.4. The van der Waals surface area contributed by atoms with Gasteiger partial charge in [-0.05, 0) is 23.8 Å². The Morgan fingerprint density at radius 2 is 1.82 bits per heavy atom. The highest BCUT2D eigenvalue weighted by Gasteiger charge is 2.33. The molecular formula is C17H29N9O5S2. The Bertz CT molecular complexity index is 1150. The Labute approximate surface area is 192 Å². The number of hydrogen-bond donors (Lipinski definition) is 5. The number of nitrogens with zero attached hydrogens (tertiary/aromatic N) is 5. The second-order valence-electron chi connectivity index (χ2n) is 7.68. The molecule has 1 saturated heterocycles. The van der Waals surface area contributed by atoms with E-state index in [9.17, 15) is 21.9 Å². The molecule has 0 unspecified atom stereocenters. The van der Waals surface area contributed by atoms with Crippen LogP contribution in [-0.4, -0.2) is 105 Å². The molecule has 1 aromatic heterocycles. The summed E-state index contributed by atoms with van der Waals surface area (Å²) >= 11 is 0. The van der Waals surface area contributed by atoms with Crippen LogP contribution in [0.2, 0.25) is 0 Å². The second kappa shape index (κ2) is 10.4. The molecule has 2 heterocycles. The van der Waals surface area contributed by atoms with Crippen molar-refractivity contribution in [2.75, 3.05) is 56.5 Å². The van der Waals surface area contributed by atoms with Gasteiger partial charge in [0.25, 0.3) is 0 Å². The first-order valence-electron chi connectivity index (χ1n) is 10.3. The number of aromatic amines is 1. The van der Waals surface area contributed by atoms with Crippen LogP contribution in [-0.2, 0) is 19.9 Å². The van der Waals surface area contributed by atoms with Crippen LogP contribution in [0.25, 0.3) is 11.4 Å². The van der Waals surface area contributed by atoms with Gasteiger partial charge in [-0.25, -0.2) is 22.0 Å². The largest absolute Gasteiger partial charge is 0.392 e. The number of hydrogen-bond acceptors (Lipinski definition) is 12. The van der Waals surface area contributed by atoms with Gasteiger partial charge in [-0.2, -0.15) is 5.21 Å². The molecule has 0 saturated carbocycles. The molecule has 16 heteroatoms. The molecule has 8 N–H and O–H groups in total. The average molecular weight is 504 g/mol. The minimum atomic E-state index is -4.54. The number of benzene rings is 1. The van der Waals surface area contributed by atoms with E-state index in [1.165, 1.54) is 12.1 Å². The highest BCUT2D eigenvalue weighted by molar-refractivity contribution is 7.93. The number of piperazine rings is 1. The van der Waals surface area contributed by atoms with Gasteiger partial charge >= 0.3 is 0 Å². The number of tetrazole rings is 1. The summed E-state index contributed by atoms with van der Waals surface area (Å²) in [6.07, 6.45) is -1.20. The van der Waals surface area contributed by atoms with Crippen LogP contribution < -0.4 is 21.5 Å². The Kier molecular flexibility index (Phi) is 7.99. The summed E-state index contributed by atoms with van der Waals surface area (Å²) in [5, 5.41) is 28.8. The number of aliphatic hydroxyl groups excluding tert-OH is 1. The first-order valence-corrected chi connectivity index (χ1v) is 13.5. The van der Waals surface area contributed by atoms with Crippen molar-refractivity contribution in [3.63, 3.8) is 0 Å². The van der Waals surface area contributed by atoms with Crippen LogP contribution in [0.1, 0.15) is 6.42 Å². The normalized spacial score (nSPS) is 16.8. The minimum absolute atomic E-state index is 0.0426. The molecule has 184 valence electrons. The van der Waals surface area contributed by atoms with Crippen LogP contribution in [0.3, 0.4) is 0 Å². The van der Waals surface area contributed by atoms with Crippen molar-refractivity contribution in [1.29, 1.82) is 0 Å². The van der Waals surface area contributed by atoms with Crippen LogP contribution in [0, 0.1) is 0 Å². The van der Waals surface area contributed by atoms with E-state index < -0.39 is 41.5 Å². The number of rotatable bonds is 10. The number of H-pyrrole nitrogens is 1. The molecule has 0 bridgehead atoms. The van der Waals surface area contributed by atoms with Gasteiger partial charge in [0.15, 0.2) is 9.84 Å². The van der Waals surface area contributed by atoms with Crippen molar-refractivity contribution >= 4 is 25.5 Å². The molecule has 33 heavy (non-hydrogen) atoms. The molecule has 0 amide bonds. The van der Waals surface area contributed by atoms with Crippen molar-refractivity contribution in [2.24, 2.45) is 16.6 Å². The number of primary sulfonamides is 1. The van der Waals surface area contributed by atoms with Gasteiger partial charge in [0.2, 0.25) is 15.8 Å². The van der Waals surface area contributed by atoms with E-state index >= 15 is 0 Å². The summed E-state index contributed by atoms with van der Waals surface area (Å²) in [7, 11) is -8.70. The molecule has 1 aliphatic rings. The Morgan fingerprint density at radius 3 is 2.36 bits per heavy atom. The fraction of sp³-hybridized carbons (Fsp3) is 0.588. The second-order valence-corrected chi connectivity index (χ2v) is 11.3. The maximum absolute atomic E-state index is 13.1. The molecule has 14 nitrogen and oxygen atoms in total. The molecule has 0 spiro atoms. The standard InChI is InChI=1S/C17H29N9O5S2/c18-4-5-25-6-8-26(9-7-25)13-1-2-14(32(28,29)10-3-12(27)11-19)16(33(20,30)31)15(13)17-21-23-24-22-17/h1-2,12,27H,3-11,18-19H2,(H2,20,30,31)(H,21,22,23,24)/t12-/m0/s1. The summed E-state index contributed by atoms with van der Waals surface area (Å²) in [6, 6.07) is 2.74. The van der Waals surface area contributed by atoms with E-state index in [0.717, 1.165) is 6.54 Å². The highest BCUT2D eigenvalue weighted by atomic mass is 32.2. The van der Waals surface area contributed by atoms with Gasteiger partial charge in [-0.3, -0.25) is 4.90 Å². The van der Waals surface area contributed by atoms with E-state index in [4.69, 9.17) is 16.6 Å². The van der Waals surface area contributed by atoms with Gasteiger partial charge in [0.05, 0.1) is 22.3 Å². The van der Waals surface area contributed by atoms with E-state index in [1.54, 1.807) is 0 Å². The summed E-state index contributed by atoms with van der Waals surface area (Å²) < 4.78 is 51.6. The smallest absolute Gasteiger partial charge is 0.240 e. The molecule has 0 aliphatic carbocycles. The summed E-state index contributed by atoms with van der Waals surface area (Å²) in [6.45, 7) is 3.60. The number of nitrogens with two attached hydrogens (primary N) is 3. The lowest BCUT2D eigenvalue weighted by molar-refractivity contribution is 0.179.